The molecule has 5 aromatic rings. The first-order valence-corrected chi connectivity index (χ1v) is 13.6. The quantitative estimate of drug-likeness (QED) is 0.191. The molecular formula is C26H19ClF3N5O2S2. The van der Waals surface area contributed by atoms with Gasteiger partial charge in [0.25, 0.3) is 0 Å². The maximum absolute atomic E-state index is 13.2. The number of furan rings is 1. The third-order valence-electron chi connectivity index (χ3n) is 5.51. The SMILES string of the molecule is Cc1ccc(-n2c(SCC(=O)Nc3ncc(Cc4ccc(Cl)c(C(F)(F)F)c4)s3)nnc2-c2ccco2)cc1. The number of aromatic nitrogens is 4. The minimum Gasteiger partial charge on any atom is -0.461 e. The van der Waals surface area contributed by atoms with E-state index < -0.39 is 11.7 Å². The van der Waals surface area contributed by atoms with Crippen LogP contribution in [0.3, 0.4) is 0 Å². The van der Waals surface area contributed by atoms with Crippen molar-refractivity contribution in [1.29, 1.82) is 0 Å². The van der Waals surface area contributed by atoms with Crippen LogP contribution in [0.2, 0.25) is 5.02 Å². The zero-order chi connectivity index (χ0) is 27.6. The molecule has 5 rings (SSSR count). The second-order valence-corrected chi connectivity index (χ2v) is 10.9. The van der Waals surface area contributed by atoms with Gasteiger partial charge in [-0.3, -0.25) is 9.36 Å². The molecule has 200 valence electrons. The van der Waals surface area contributed by atoms with Crippen molar-refractivity contribution in [2.24, 2.45) is 0 Å². The van der Waals surface area contributed by atoms with Crippen LogP contribution in [0.25, 0.3) is 17.3 Å². The van der Waals surface area contributed by atoms with Crippen LogP contribution in [0.1, 0.15) is 21.6 Å². The zero-order valence-corrected chi connectivity index (χ0v) is 22.6. The molecule has 3 heterocycles. The molecule has 0 unspecified atom stereocenters. The van der Waals surface area contributed by atoms with E-state index in [0.717, 1.165) is 17.3 Å². The molecule has 0 radical (unpaired) electrons. The van der Waals surface area contributed by atoms with E-state index in [1.54, 1.807) is 18.4 Å². The molecule has 2 aromatic carbocycles. The molecule has 0 saturated heterocycles. The Balaban J connectivity index is 1.26. The van der Waals surface area contributed by atoms with Gasteiger partial charge in [0.1, 0.15) is 0 Å². The molecule has 0 aliphatic carbocycles. The monoisotopic (exact) mass is 589 g/mol. The maximum atomic E-state index is 13.2. The van der Waals surface area contributed by atoms with Crippen molar-refractivity contribution in [2.45, 2.75) is 24.7 Å². The van der Waals surface area contributed by atoms with Crippen molar-refractivity contribution in [3.8, 4) is 17.3 Å². The third-order valence-corrected chi connectivity index (χ3v) is 7.69. The van der Waals surface area contributed by atoms with Gasteiger partial charge in [0.2, 0.25) is 11.7 Å². The maximum Gasteiger partial charge on any atom is 0.417 e. The normalized spacial score (nSPS) is 11.6. The van der Waals surface area contributed by atoms with Crippen molar-refractivity contribution in [3.05, 3.63) is 93.6 Å². The van der Waals surface area contributed by atoms with E-state index in [9.17, 15) is 18.0 Å². The van der Waals surface area contributed by atoms with Gasteiger partial charge in [-0.15, -0.1) is 21.5 Å². The van der Waals surface area contributed by atoms with E-state index >= 15 is 0 Å². The van der Waals surface area contributed by atoms with Gasteiger partial charge in [-0.1, -0.05) is 47.1 Å². The Labute approximate surface area is 234 Å². The number of alkyl halides is 3. The van der Waals surface area contributed by atoms with E-state index in [2.05, 4.69) is 20.5 Å². The summed E-state index contributed by atoms with van der Waals surface area (Å²) in [6.07, 6.45) is -1.25. The number of thiazole rings is 1. The number of hydrogen-bond donors (Lipinski definition) is 1. The highest BCUT2D eigenvalue weighted by Gasteiger charge is 2.33. The van der Waals surface area contributed by atoms with Crippen LogP contribution in [0, 0.1) is 6.92 Å². The van der Waals surface area contributed by atoms with E-state index in [-0.39, 0.29) is 23.1 Å². The summed E-state index contributed by atoms with van der Waals surface area (Å²) in [6.45, 7) is 1.99. The van der Waals surface area contributed by atoms with Gasteiger partial charge in [-0.05, 0) is 48.9 Å². The van der Waals surface area contributed by atoms with Gasteiger partial charge < -0.3 is 9.73 Å². The Morgan fingerprint density at radius 3 is 2.67 bits per heavy atom. The van der Waals surface area contributed by atoms with Crippen molar-refractivity contribution in [2.75, 3.05) is 11.1 Å². The van der Waals surface area contributed by atoms with Crippen LogP contribution in [-0.4, -0.2) is 31.4 Å². The number of aryl methyl sites for hydroxylation is 1. The second-order valence-electron chi connectivity index (χ2n) is 8.41. The van der Waals surface area contributed by atoms with E-state index in [4.69, 9.17) is 16.0 Å². The number of halogens is 4. The number of rotatable bonds is 8. The smallest absolute Gasteiger partial charge is 0.417 e. The lowest BCUT2D eigenvalue weighted by Crippen LogP contribution is -2.14. The molecule has 39 heavy (non-hydrogen) atoms. The van der Waals surface area contributed by atoms with Crippen molar-refractivity contribution < 1.29 is 22.4 Å². The summed E-state index contributed by atoms with van der Waals surface area (Å²) in [6, 6.07) is 15.1. The summed E-state index contributed by atoms with van der Waals surface area (Å²) in [5.41, 5.74) is 1.47. The Hall–Kier alpha value is -3.61. The fourth-order valence-electron chi connectivity index (χ4n) is 3.69. The number of anilines is 1. The van der Waals surface area contributed by atoms with Crippen LogP contribution in [0.15, 0.2) is 76.6 Å². The standard InChI is InChI=1S/C26H19ClF3N5O2S2/c1-15-4-7-17(8-5-15)35-23(21-3-2-10-37-21)33-34-25(35)38-14-22(36)32-24-31-13-18(39-24)11-16-6-9-20(27)19(12-16)26(28,29)30/h2-10,12-13H,11,14H2,1H3,(H,31,32,36). The zero-order valence-electron chi connectivity index (χ0n) is 20.2. The Morgan fingerprint density at radius 2 is 1.95 bits per heavy atom. The lowest BCUT2D eigenvalue weighted by atomic mass is 10.1. The number of hydrogen-bond acceptors (Lipinski definition) is 7. The molecule has 7 nitrogen and oxygen atoms in total. The average molecular weight is 590 g/mol. The first-order valence-electron chi connectivity index (χ1n) is 11.5. The first kappa shape index (κ1) is 27.0. The summed E-state index contributed by atoms with van der Waals surface area (Å²) in [5.74, 6) is 0.762. The van der Waals surface area contributed by atoms with Gasteiger partial charge in [0.15, 0.2) is 16.0 Å². The van der Waals surface area contributed by atoms with Crippen LogP contribution >= 0.6 is 34.7 Å². The predicted octanol–water partition coefficient (Wildman–Crippen LogP) is 7.29. The number of nitrogens with one attached hydrogen (secondary N) is 1. The molecule has 0 spiro atoms. The topological polar surface area (TPSA) is 85.8 Å². The van der Waals surface area contributed by atoms with Gasteiger partial charge in [0.05, 0.1) is 22.6 Å². The highest BCUT2D eigenvalue weighted by molar-refractivity contribution is 7.99. The number of nitrogens with zero attached hydrogens (tertiary/aromatic N) is 4. The van der Waals surface area contributed by atoms with Gasteiger partial charge >= 0.3 is 6.18 Å². The van der Waals surface area contributed by atoms with E-state index in [1.165, 1.54) is 41.4 Å². The summed E-state index contributed by atoms with van der Waals surface area (Å²) >= 11 is 8.09. The minimum absolute atomic E-state index is 0.0309. The molecular weight excluding hydrogens is 571 g/mol. The van der Waals surface area contributed by atoms with Gasteiger partial charge in [0, 0.05) is 23.2 Å². The van der Waals surface area contributed by atoms with Crippen molar-refractivity contribution in [1.82, 2.24) is 19.7 Å². The largest absolute Gasteiger partial charge is 0.461 e. The van der Waals surface area contributed by atoms with Crippen LogP contribution in [0.5, 0.6) is 0 Å². The third kappa shape index (κ3) is 6.35. The number of amides is 1. The lowest BCUT2D eigenvalue weighted by Gasteiger charge is -2.10. The fraction of sp³-hybridized carbons (Fsp3) is 0.154. The Bertz CT molecular complexity index is 1600. The molecule has 1 N–H and O–H groups in total. The second kappa shape index (κ2) is 11.2. The molecule has 13 heteroatoms. The van der Waals surface area contributed by atoms with Crippen molar-refractivity contribution in [3.63, 3.8) is 0 Å². The minimum atomic E-state index is -4.54. The van der Waals surface area contributed by atoms with Crippen LogP contribution < -0.4 is 5.32 Å². The molecule has 0 aliphatic rings. The van der Waals surface area contributed by atoms with E-state index in [1.807, 2.05) is 35.8 Å². The number of carbonyl (C=O) groups excluding carboxylic acids is 1. The summed E-state index contributed by atoms with van der Waals surface area (Å²) in [4.78, 5) is 17.6. The summed E-state index contributed by atoms with van der Waals surface area (Å²) < 4.78 is 46.8. The Kier molecular flexibility index (Phi) is 7.78. The fourth-order valence-corrected chi connectivity index (χ4v) is 5.53. The van der Waals surface area contributed by atoms with Crippen LogP contribution in [0.4, 0.5) is 18.3 Å². The van der Waals surface area contributed by atoms with Crippen LogP contribution in [-0.2, 0) is 17.4 Å². The van der Waals surface area contributed by atoms with Crippen molar-refractivity contribution >= 4 is 45.7 Å². The van der Waals surface area contributed by atoms with Gasteiger partial charge in [-0.2, -0.15) is 13.2 Å². The summed E-state index contributed by atoms with van der Waals surface area (Å²) in [5, 5.41) is 11.8. The molecule has 0 saturated carbocycles. The first-order chi connectivity index (χ1) is 18.7. The molecule has 1 amide bonds. The summed E-state index contributed by atoms with van der Waals surface area (Å²) in [7, 11) is 0. The van der Waals surface area contributed by atoms with Gasteiger partial charge in [-0.25, -0.2) is 4.98 Å². The highest BCUT2D eigenvalue weighted by Crippen LogP contribution is 2.36. The molecule has 0 bridgehead atoms. The highest BCUT2D eigenvalue weighted by atomic mass is 35.5. The number of thioether (sulfide) groups is 1. The lowest BCUT2D eigenvalue weighted by molar-refractivity contribution is -0.137. The number of benzene rings is 2. The molecule has 3 aromatic heterocycles. The average Bonchev–Trinajstić information content (AvgIpc) is 3.65. The molecule has 0 atom stereocenters. The number of carbonyl (C=O) groups is 1. The Morgan fingerprint density at radius 1 is 1.15 bits per heavy atom. The molecule has 0 fully saturated rings. The molecule has 0 aliphatic heterocycles. The predicted molar refractivity (Wildman–Crippen MR) is 145 cm³/mol. The van der Waals surface area contributed by atoms with E-state index in [0.29, 0.717) is 32.3 Å².